The van der Waals surface area contributed by atoms with Crippen LogP contribution in [0.3, 0.4) is 0 Å². The highest BCUT2D eigenvalue weighted by atomic mass is 16.6. The van der Waals surface area contributed by atoms with Crippen LogP contribution in [0.4, 0.5) is 22.7 Å². The van der Waals surface area contributed by atoms with Crippen molar-refractivity contribution in [1.82, 2.24) is 9.80 Å². The molecule has 0 aliphatic carbocycles. The highest BCUT2D eigenvalue weighted by Gasteiger charge is 2.29. The predicted molar refractivity (Wildman–Crippen MR) is 199 cm³/mol. The Labute approximate surface area is 298 Å². The Morgan fingerprint density at radius 1 is 0.720 bits per heavy atom. The Morgan fingerprint density at radius 2 is 1.12 bits per heavy atom. The third kappa shape index (κ3) is 9.91. The Kier molecular flexibility index (Phi) is 15.7. The molecule has 4 heterocycles. The van der Waals surface area contributed by atoms with Gasteiger partial charge in [-0.2, -0.15) is 0 Å². The lowest BCUT2D eigenvalue weighted by atomic mass is 10.00. The summed E-state index contributed by atoms with van der Waals surface area (Å²) < 4.78 is 21.6. The van der Waals surface area contributed by atoms with Crippen molar-refractivity contribution in [2.24, 2.45) is 0 Å². The summed E-state index contributed by atoms with van der Waals surface area (Å²) in [5, 5.41) is 18.3. The zero-order valence-corrected chi connectivity index (χ0v) is 30.9. The highest BCUT2D eigenvalue weighted by Crippen LogP contribution is 2.37. The molecule has 6 rings (SSSR count). The van der Waals surface area contributed by atoms with E-state index in [1.54, 1.807) is 13.2 Å². The summed E-state index contributed by atoms with van der Waals surface area (Å²) >= 11 is 0. The standard InChI is InChI=1S/C18H27N3O4.C18H29N3O2.CH4O/c1-3-14-12-17(21(22)23)18(24-2)13-16(14)20-6-4-15(5-7-20)19-8-10-25-11-9-19;1-3-14-12-16(19)18(22-2)13-17(14)21-6-4-15(5-7-21)20-8-10-23-11-9-20;1-2/h12-13,15H,3-11H2,1-2H3;12-13,15H,3-11,19H2,1-2H3;2H,1H3. The molecule has 0 unspecified atom stereocenters. The molecular weight excluding hydrogens is 640 g/mol. The van der Waals surface area contributed by atoms with E-state index in [-0.39, 0.29) is 10.6 Å². The molecule has 2 aromatic rings. The summed E-state index contributed by atoms with van der Waals surface area (Å²) in [6.07, 6.45) is 6.42. The molecule has 13 heteroatoms. The molecular formula is C37H60N6O7. The Morgan fingerprint density at radius 3 is 1.50 bits per heavy atom. The number of rotatable bonds is 9. The molecule has 0 atom stereocenters. The maximum Gasteiger partial charge on any atom is 0.311 e. The van der Waals surface area contributed by atoms with Gasteiger partial charge >= 0.3 is 5.69 Å². The first-order chi connectivity index (χ1) is 24.4. The van der Waals surface area contributed by atoms with E-state index in [4.69, 9.17) is 29.8 Å². The Balaban J connectivity index is 0.000000215. The number of nitrogens with two attached hydrogens (primary N) is 1. The van der Waals surface area contributed by atoms with E-state index in [9.17, 15) is 10.1 Å². The number of anilines is 3. The van der Waals surface area contributed by atoms with Crippen LogP contribution in [-0.4, -0.2) is 132 Å². The number of hydrogen-bond acceptors (Lipinski definition) is 12. The van der Waals surface area contributed by atoms with Crippen LogP contribution in [0.25, 0.3) is 0 Å². The van der Waals surface area contributed by atoms with Gasteiger partial charge in [0.25, 0.3) is 0 Å². The number of aryl methyl sites for hydroxylation is 2. The van der Waals surface area contributed by atoms with Gasteiger partial charge in [-0.05, 0) is 55.7 Å². The average Bonchev–Trinajstić information content (AvgIpc) is 3.19. The van der Waals surface area contributed by atoms with Crippen LogP contribution >= 0.6 is 0 Å². The molecule has 4 fully saturated rings. The number of methoxy groups -OCH3 is 2. The largest absolute Gasteiger partial charge is 0.495 e. The molecule has 0 saturated carbocycles. The van der Waals surface area contributed by atoms with Crippen LogP contribution in [0.5, 0.6) is 11.5 Å². The topological polar surface area (TPSA) is 139 Å². The van der Waals surface area contributed by atoms with Gasteiger partial charge in [0, 0.05) is 101 Å². The van der Waals surface area contributed by atoms with Gasteiger partial charge in [0.2, 0.25) is 0 Å². The van der Waals surface area contributed by atoms with Crippen molar-refractivity contribution >= 4 is 22.7 Å². The molecule has 0 bridgehead atoms. The number of nitro benzene ring substituents is 1. The second-order valence-electron chi connectivity index (χ2n) is 13.1. The van der Waals surface area contributed by atoms with Gasteiger partial charge in [-0.25, -0.2) is 0 Å². The molecule has 4 aliphatic rings. The zero-order chi connectivity index (χ0) is 36.0. The molecule has 0 radical (unpaired) electrons. The van der Waals surface area contributed by atoms with E-state index in [0.29, 0.717) is 17.8 Å². The van der Waals surface area contributed by atoms with E-state index in [0.717, 1.165) is 134 Å². The molecule has 0 amide bonds. The number of benzene rings is 2. The van der Waals surface area contributed by atoms with Gasteiger partial charge in [0.05, 0.1) is 51.3 Å². The fourth-order valence-electron chi connectivity index (χ4n) is 7.70. The number of ether oxygens (including phenoxy) is 4. The third-order valence-corrected chi connectivity index (χ3v) is 10.5. The minimum absolute atomic E-state index is 0.0475. The van der Waals surface area contributed by atoms with Gasteiger partial charge in [0.1, 0.15) is 5.75 Å². The van der Waals surface area contributed by atoms with Crippen LogP contribution in [0.15, 0.2) is 24.3 Å². The van der Waals surface area contributed by atoms with E-state index in [2.05, 4.69) is 38.7 Å². The molecule has 13 nitrogen and oxygen atoms in total. The number of nitrogens with zero attached hydrogens (tertiary/aromatic N) is 5. The number of piperidine rings is 2. The number of aliphatic hydroxyl groups is 1. The van der Waals surface area contributed by atoms with Gasteiger partial charge in [-0.1, -0.05) is 13.8 Å². The van der Waals surface area contributed by atoms with Crippen molar-refractivity contribution < 1.29 is 29.0 Å². The average molecular weight is 701 g/mol. The lowest BCUT2D eigenvalue weighted by molar-refractivity contribution is -0.385. The fraction of sp³-hybridized carbons (Fsp3) is 0.676. The molecule has 50 heavy (non-hydrogen) atoms. The number of nitro groups is 1. The summed E-state index contributed by atoms with van der Waals surface area (Å²) in [6.45, 7) is 16.0. The van der Waals surface area contributed by atoms with Crippen molar-refractivity contribution in [3.05, 3.63) is 45.5 Å². The van der Waals surface area contributed by atoms with Gasteiger partial charge in [-0.15, -0.1) is 0 Å². The first-order valence-corrected chi connectivity index (χ1v) is 18.3. The molecule has 2 aromatic carbocycles. The number of hydrogen-bond donors (Lipinski definition) is 2. The lowest BCUT2D eigenvalue weighted by Gasteiger charge is -2.41. The molecule has 4 saturated heterocycles. The van der Waals surface area contributed by atoms with Crippen molar-refractivity contribution in [3.63, 3.8) is 0 Å². The van der Waals surface area contributed by atoms with Crippen molar-refractivity contribution in [2.45, 2.75) is 64.5 Å². The SMILES string of the molecule is CCc1cc(N)c(OC)cc1N1CCC(N2CCOCC2)CC1.CCc1cc([N+](=O)[O-])c(OC)cc1N1CCC(N2CCOCC2)CC1.CO. The molecule has 4 aliphatic heterocycles. The first-order valence-electron chi connectivity index (χ1n) is 18.3. The summed E-state index contributed by atoms with van der Waals surface area (Å²) in [4.78, 5) is 20.9. The van der Waals surface area contributed by atoms with Gasteiger partial charge < -0.3 is 39.6 Å². The number of aliphatic hydroxyl groups excluding tert-OH is 1. The minimum atomic E-state index is -0.369. The fourth-order valence-corrected chi connectivity index (χ4v) is 7.70. The lowest BCUT2D eigenvalue weighted by Crippen LogP contribution is -2.49. The molecule has 0 spiro atoms. The van der Waals surface area contributed by atoms with Crippen LogP contribution < -0.4 is 25.0 Å². The van der Waals surface area contributed by atoms with E-state index < -0.39 is 0 Å². The zero-order valence-electron chi connectivity index (χ0n) is 30.9. The van der Waals surface area contributed by atoms with Crippen molar-refractivity contribution in [3.8, 4) is 11.5 Å². The number of nitrogen functional groups attached to an aromatic ring is 1. The van der Waals surface area contributed by atoms with E-state index >= 15 is 0 Å². The van der Waals surface area contributed by atoms with Gasteiger partial charge in [-0.3, -0.25) is 19.9 Å². The predicted octanol–water partition coefficient (Wildman–Crippen LogP) is 4.22. The summed E-state index contributed by atoms with van der Waals surface area (Å²) in [7, 11) is 4.17. The minimum Gasteiger partial charge on any atom is -0.495 e. The summed E-state index contributed by atoms with van der Waals surface area (Å²) in [5.74, 6) is 1.13. The number of morpholine rings is 2. The smallest absolute Gasteiger partial charge is 0.311 e. The normalized spacial score (nSPS) is 19.6. The Hall–Kier alpha value is -3.36. The van der Waals surface area contributed by atoms with E-state index in [1.807, 2.05) is 13.0 Å². The quantitative estimate of drug-likeness (QED) is 0.220. The summed E-state index contributed by atoms with van der Waals surface area (Å²) in [6, 6.07) is 9.01. The van der Waals surface area contributed by atoms with Crippen LogP contribution in [0.1, 0.15) is 50.7 Å². The maximum absolute atomic E-state index is 11.3. The van der Waals surface area contributed by atoms with Crippen molar-refractivity contribution in [1.29, 1.82) is 0 Å². The maximum atomic E-state index is 11.3. The Bertz CT molecular complexity index is 1340. The molecule has 280 valence electrons. The van der Waals surface area contributed by atoms with Gasteiger partial charge in [0.15, 0.2) is 5.75 Å². The van der Waals surface area contributed by atoms with Crippen LogP contribution in [0, 0.1) is 10.1 Å². The molecule has 3 N–H and O–H groups in total. The van der Waals surface area contributed by atoms with Crippen LogP contribution in [-0.2, 0) is 22.3 Å². The van der Waals surface area contributed by atoms with Crippen LogP contribution in [0.2, 0.25) is 0 Å². The monoisotopic (exact) mass is 700 g/mol. The second kappa shape index (κ2) is 19.9. The second-order valence-corrected chi connectivity index (χ2v) is 13.1. The van der Waals surface area contributed by atoms with Crippen molar-refractivity contribution in [2.75, 3.05) is 116 Å². The highest BCUT2D eigenvalue weighted by molar-refractivity contribution is 5.67. The first kappa shape index (κ1) is 39.4. The molecule has 0 aromatic heterocycles. The van der Waals surface area contributed by atoms with E-state index in [1.165, 1.54) is 31.2 Å². The summed E-state index contributed by atoms with van der Waals surface area (Å²) in [5.41, 5.74) is 11.5. The third-order valence-electron chi connectivity index (χ3n) is 10.5.